The highest BCUT2D eigenvalue weighted by Gasteiger charge is 2.18. The van der Waals surface area contributed by atoms with Crippen molar-refractivity contribution in [3.8, 4) is 0 Å². The molecule has 0 atom stereocenters. The first-order valence-corrected chi connectivity index (χ1v) is 12.1. The van der Waals surface area contributed by atoms with Gasteiger partial charge >= 0.3 is 0 Å². The van der Waals surface area contributed by atoms with Crippen LogP contribution in [0.5, 0.6) is 0 Å². The first-order chi connectivity index (χ1) is 16.1. The van der Waals surface area contributed by atoms with Crippen molar-refractivity contribution >= 4 is 33.3 Å². The van der Waals surface area contributed by atoms with E-state index in [0.717, 1.165) is 53.5 Å². The van der Waals surface area contributed by atoms with E-state index in [4.69, 9.17) is 0 Å². The third-order valence-electron chi connectivity index (χ3n) is 6.10. The number of nitrogens with zero attached hydrogens (tertiary/aromatic N) is 5. The van der Waals surface area contributed by atoms with Crippen LogP contribution in [0.15, 0.2) is 54.7 Å². The topological polar surface area (TPSA) is 66.3 Å². The number of aromatic nitrogens is 3. The molecule has 1 fully saturated rings. The van der Waals surface area contributed by atoms with Crippen LogP contribution in [-0.4, -0.2) is 58.8 Å². The molecule has 1 aliphatic rings. The van der Waals surface area contributed by atoms with Crippen molar-refractivity contribution in [1.82, 2.24) is 25.0 Å². The highest BCUT2D eigenvalue weighted by atomic mass is 32.1. The summed E-state index contributed by atoms with van der Waals surface area (Å²) in [5.41, 5.74) is 3.19. The third-order valence-corrected chi connectivity index (χ3v) is 7.24. The second-order valence-electron chi connectivity index (χ2n) is 8.55. The second-order valence-corrected chi connectivity index (χ2v) is 9.58. The van der Waals surface area contributed by atoms with Gasteiger partial charge in [0.05, 0.1) is 17.1 Å². The van der Waals surface area contributed by atoms with Crippen LogP contribution in [0.3, 0.4) is 0 Å². The molecule has 8 heteroatoms. The van der Waals surface area contributed by atoms with E-state index in [1.165, 1.54) is 16.9 Å². The van der Waals surface area contributed by atoms with E-state index in [-0.39, 0.29) is 5.91 Å². The van der Waals surface area contributed by atoms with E-state index in [1.54, 1.807) is 0 Å². The highest BCUT2D eigenvalue weighted by molar-refractivity contribution is 7.20. The first-order valence-electron chi connectivity index (χ1n) is 11.2. The first kappa shape index (κ1) is 21.6. The van der Waals surface area contributed by atoms with Gasteiger partial charge in [-0.15, -0.1) is 11.3 Å². The van der Waals surface area contributed by atoms with Crippen molar-refractivity contribution in [3.05, 3.63) is 76.4 Å². The van der Waals surface area contributed by atoms with Crippen LogP contribution < -0.4 is 10.2 Å². The lowest BCUT2D eigenvalue weighted by Crippen LogP contribution is -2.44. The lowest BCUT2D eigenvalue weighted by atomic mass is 10.2. The molecule has 1 aliphatic heterocycles. The number of fused-ring (bicyclic) bond motifs is 1. The number of aryl methyl sites for hydroxylation is 1. The molecular weight excluding hydrogens is 432 g/mol. The molecule has 1 N–H and O–H groups in total. The number of likely N-dealkylation sites (N-methyl/N-ethyl adjacent to an activating group) is 1. The lowest BCUT2D eigenvalue weighted by molar-refractivity contribution is 0.0955. The number of hydrogen-bond donors (Lipinski definition) is 1. The number of carbonyl (C=O) groups excluding carboxylic acids is 1. The van der Waals surface area contributed by atoms with Crippen LogP contribution in [0.2, 0.25) is 0 Å². The Morgan fingerprint density at radius 3 is 2.64 bits per heavy atom. The van der Waals surface area contributed by atoms with Crippen LogP contribution >= 0.6 is 11.3 Å². The van der Waals surface area contributed by atoms with Crippen molar-refractivity contribution in [2.75, 3.05) is 38.1 Å². The molecule has 33 heavy (non-hydrogen) atoms. The maximum Gasteiger partial charge on any atom is 0.261 e. The lowest BCUT2D eigenvalue weighted by Gasteiger charge is -2.33. The van der Waals surface area contributed by atoms with E-state index in [9.17, 15) is 4.79 Å². The van der Waals surface area contributed by atoms with Crippen molar-refractivity contribution in [1.29, 1.82) is 0 Å². The Bertz CT molecular complexity index is 1260. The largest absolute Gasteiger partial charge is 0.354 e. The van der Waals surface area contributed by atoms with Crippen LogP contribution in [0.25, 0.3) is 10.2 Å². The molecule has 1 amide bonds. The summed E-state index contributed by atoms with van der Waals surface area (Å²) in [4.78, 5) is 23.8. The Kier molecular flexibility index (Phi) is 6.11. The summed E-state index contributed by atoms with van der Waals surface area (Å²) in [5, 5.41) is 8.80. The second kappa shape index (κ2) is 9.33. The Morgan fingerprint density at radius 1 is 1.06 bits per heavy atom. The van der Waals surface area contributed by atoms with Crippen LogP contribution in [0.4, 0.5) is 5.82 Å². The fraction of sp³-hybridized carbons (Fsp3) is 0.320. The molecular formula is C25H28N6OS. The van der Waals surface area contributed by atoms with Gasteiger partial charge in [-0.2, -0.15) is 5.10 Å². The van der Waals surface area contributed by atoms with Crippen molar-refractivity contribution in [2.45, 2.75) is 20.0 Å². The summed E-state index contributed by atoms with van der Waals surface area (Å²) in [5.74, 6) is 0.924. The van der Waals surface area contributed by atoms with E-state index in [1.807, 2.05) is 48.1 Å². The van der Waals surface area contributed by atoms with Crippen LogP contribution in [0.1, 0.15) is 26.5 Å². The number of nitrogens with one attached hydrogen (secondary N) is 1. The Morgan fingerprint density at radius 2 is 1.85 bits per heavy atom. The molecule has 3 aromatic heterocycles. The van der Waals surface area contributed by atoms with Gasteiger partial charge in [0, 0.05) is 44.3 Å². The molecule has 4 aromatic rings. The minimum absolute atomic E-state index is 0.0557. The number of anilines is 1. The summed E-state index contributed by atoms with van der Waals surface area (Å²) >= 11 is 1.50. The van der Waals surface area contributed by atoms with E-state index >= 15 is 0 Å². The fourth-order valence-corrected chi connectivity index (χ4v) is 5.21. The standard InChI is InChI=1S/C25H28N6OS/c1-18-21-15-22(33-25(21)31(28-18)17-19-6-4-3-5-7-19)24(32)27-16-20-8-9-26-23(14-20)30-12-10-29(2)11-13-30/h3-9,14-15H,10-13,16-17H2,1-2H3,(H,27,32). The van der Waals surface area contributed by atoms with Gasteiger partial charge in [0.2, 0.25) is 0 Å². The van der Waals surface area contributed by atoms with E-state index in [2.05, 4.69) is 50.4 Å². The Labute approximate surface area is 197 Å². The number of carbonyl (C=O) groups is 1. The smallest absolute Gasteiger partial charge is 0.261 e. The zero-order valence-electron chi connectivity index (χ0n) is 19.0. The number of piperazine rings is 1. The maximum atomic E-state index is 12.9. The quantitative estimate of drug-likeness (QED) is 0.477. The number of benzene rings is 1. The predicted molar refractivity (Wildman–Crippen MR) is 133 cm³/mol. The average molecular weight is 461 g/mol. The number of thiophene rings is 1. The van der Waals surface area contributed by atoms with Crippen molar-refractivity contribution in [2.24, 2.45) is 0 Å². The zero-order valence-corrected chi connectivity index (χ0v) is 19.8. The average Bonchev–Trinajstić information content (AvgIpc) is 3.40. The monoisotopic (exact) mass is 460 g/mol. The number of rotatable bonds is 6. The summed E-state index contributed by atoms with van der Waals surface area (Å²) < 4.78 is 1.99. The van der Waals surface area contributed by atoms with E-state index in [0.29, 0.717) is 18.0 Å². The molecule has 7 nitrogen and oxygen atoms in total. The normalized spacial score (nSPS) is 14.7. The zero-order chi connectivity index (χ0) is 22.8. The number of hydrogen-bond acceptors (Lipinski definition) is 6. The summed E-state index contributed by atoms with van der Waals surface area (Å²) in [7, 11) is 2.14. The molecule has 170 valence electrons. The molecule has 5 rings (SSSR count). The van der Waals surface area contributed by atoms with Crippen LogP contribution in [0, 0.1) is 6.92 Å². The predicted octanol–water partition coefficient (Wildman–Crippen LogP) is 3.53. The molecule has 0 unspecified atom stereocenters. The highest BCUT2D eigenvalue weighted by Crippen LogP contribution is 2.29. The van der Waals surface area contributed by atoms with E-state index < -0.39 is 0 Å². The summed E-state index contributed by atoms with van der Waals surface area (Å²) in [6.07, 6.45) is 1.83. The molecule has 0 aliphatic carbocycles. The van der Waals surface area contributed by atoms with Gasteiger partial charge in [-0.05, 0) is 43.3 Å². The van der Waals surface area contributed by atoms with Gasteiger partial charge in [-0.1, -0.05) is 30.3 Å². The van der Waals surface area contributed by atoms with Gasteiger partial charge in [0.25, 0.3) is 5.91 Å². The number of amides is 1. The molecule has 1 saturated heterocycles. The van der Waals surface area contributed by atoms with Crippen molar-refractivity contribution < 1.29 is 4.79 Å². The molecule has 0 saturated carbocycles. The third kappa shape index (κ3) is 4.77. The summed E-state index contributed by atoms with van der Waals surface area (Å²) in [6.45, 7) is 7.19. The van der Waals surface area contributed by atoms with Gasteiger partial charge in [-0.3, -0.25) is 9.48 Å². The molecule has 0 spiro atoms. The molecule has 0 radical (unpaired) electrons. The van der Waals surface area contributed by atoms with Gasteiger partial charge in [-0.25, -0.2) is 4.98 Å². The minimum Gasteiger partial charge on any atom is -0.354 e. The Balaban J connectivity index is 1.27. The Hall–Kier alpha value is -3.23. The van der Waals surface area contributed by atoms with Gasteiger partial charge < -0.3 is 15.1 Å². The SMILES string of the molecule is Cc1nn(Cc2ccccc2)c2sc(C(=O)NCc3ccnc(N4CCN(C)CC4)c3)cc12. The van der Waals surface area contributed by atoms with Crippen molar-refractivity contribution in [3.63, 3.8) is 0 Å². The maximum absolute atomic E-state index is 12.9. The summed E-state index contributed by atoms with van der Waals surface area (Å²) in [6, 6.07) is 16.3. The molecule has 1 aromatic carbocycles. The van der Waals surface area contributed by atoms with Gasteiger partial charge in [0.1, 0.15) is 10.6 Å². The molecule has 0 bridgehead atoms. The van der Waals surface area contributed by atoms with Crippen LogP contribution in [-0.2, 0) is 13.1 Å². The molecule has 4 heterocycles. The number of pyridine rings is 1. The minimum atomic E-state index is -0.0557. The fourth-order valence-electron chi connectivity index (χ4n) is 4.14. The van der Waals surface area contributed by atoms with Gasteiger partial charge in [0.15, 0.2) is 0 Å².